The molecule has 0 saturated carbocycles. The Labute approximate surface area is 150 Å². The minimum absolute atomic E-state index is 0.107. The average Bonchev–Trinajstić information content (AvgIpc) is 2.96. The van der Waals surface area contributed by atoms with Crippen molar-refractivity contribution in [3.05, 3.63) is 71.0 Å². The van der Waals surface area contributed by atoms with Crippen molar-refractivity contribution < 1.29 is 13.9 Å². The Morgan fingerprint density at radius 2 is 2.04 bits per heavy atom. The van der Waals surface area contributed by atoms with Gasteiger partial charge in [0.05, 0.1) is 13.7 Å². The number of nitriles is 1. The summed E-state index contributed by atoms with van der Waals surface area (Å²) in [6, 6.07) is 15.7. The highest BCUT2D eigenvalue weighted by Gasteiger charge is 2.18. The molecule has 2 aromatic carbocycles. The van der Waals surface area contributed by atoms with Gasteiger partial charge in [0.1, 0.15) is 30.1 Å². The number of rotatable bonds is 6. The van der Waals surface area contributed by atoms with Gasteiger partial charge in [-0.2, -0.15) is 5.26 Å². The number of methoxy groups -OCH3 is 1. The molecule has 0 amide bonds. The first-order chi connectivity index (χ1) is 12.6. The average molecular weight is 352 g/mol. The Kier molecular flexibility index (Phi) is 5.04. The Morgan fingerprint density at radius 3 is 2.77 bits per heavy atom. The van der Waals surface area contributed by atoms with Crippen LogP contribution in [0.1, 0.15) is 16.7 Å². The summed E-state index contributed by atoms with van der Waals surface area (Å²) in [6.45, 7) is 0.303. The predicted molar refractivity (Wildman–Crippen MR) is 94.2 cm³/mol. The van der Waals surface area contributed by atoms with Crippen molar-refractivity contribution in [2.24, 2.45) is 0 Å². The van der Waals surface area contributed by atoms with Gasteiger partial charge >= 0.3 is 0 Å². The van der Waals surface area contributed by atoms with Crippen LogP contribution in [0.3, 0.4) is 0 Å². The van der Waals surface area contributed by atoms with Gasteiger partial charge in [-0.05, 0) is 23.8 Å². The molecule has 6 nitrogen and oxygen atoms in total. The molecular weight excluding hydrogens is 335 g/mol. The number of ether oxygens (including phenoxy) is 2. The molecule has 2 N–H and O–H groups in total. The van der Waals surface area contributed by atoms with Crippen molar-refractivity contribution >= 4 is 5.82 Å². The number of halogens is 1. The van der Waals surface area contributed by atoms with E-state index in [-0.39, 0.29) is 36.2 Å². The van der Waals surface area contributed by atoms with Crippen LogP contribution in [-0.2, 0) is 13.2 Å². The Morgan fingerprint density at radius 1 is 1.23 bits per heavy atom. The molecule has 26 heavy (non-hydrogen) atoms. The third-order valence-electron chi connectivity index (χ3n) is 3.86. The predicted octanol–water partition coefficient (Wildman–Crippen LogP) is 3.11. The van der Waals surface area contributed by atoms with Crippen LogP contribution in [-0.4, -0.2) is 16.9 Å². The lowest BCUT2D eigenvalue weighted by Gasteiger charge is -2.06. The van der Waals surface area contributed by atoms with Gasteiger partial charge in [-0.25, -0.2) is 9.07 Å². The van der Waals surface area contributed by atoms with Gasteiger partial charge < -0.3 is 15.2 Å². The fourth-order valence-corrected chi connectivity index (χ4v) is 2.48. The van der Waals surface area contributed by atoms with Crippen molar-refractivity contribution in [1.29, 1.82) is 5.26 Å². The molecule has 0 spiro atoms. The van der Waals surface area contributed by atoms with Crippen LogP contribution in [0, 0.1) is 17.1 Å². The highest BCUT2D eigenvalue weighted by molar-refractivity contribution is 5.55. The van der Waals surface area contributed by atoms with Crippen LogP contribution < -0.4 is 15.2 Å². The zero-order valence-electron chi connectivity index (χ0n) is 14.1. The maximum atomic E-state index is 13.8. The van der Waals surface area contributed by atoms with E-state index in [1.807, 2.05) is 30.3 Å². The van der Waals surface area contributed by atoms with Crippen molar-refractivity contribution in [1.82, 2.24) is 9.78 Å². The zero-order valence-corrected chi connectivity index (χ0v) is 14.1. The molecule has 0 saturated heterocycles. The van der Waals surface area contributed by atoms with E-state index < -0.39 is 0 Å². The summed E-state index contributed by atoms with van der Waals surface area (Å²) >= 11 is 0. The summed E-state index contributed by atoms with van der Waals surface area (Å²) in [7, 11) is 1.58. The molecule has 0 aliphatic heterocycles. The number of anilines is 1. The van der Waals surface area contributed by atoms with E-state index in [2.05, 4.69) is 5.10 Å². The van der Waals surface area contributed by atoms with E-state index in [1.54, 1.807) is 25.3 Å². The number of hydrogen-bond donors (Lipinski definition) is 1. The summed E-state index contributed by atoms with van der Waals surface area (Å²) in [4.78, 5) is 0. The molecule has 0 fully saturated rings. The molecule has 0 unspecified atom stereocenters. The van der Waals surface area contributed by atoms with E-state index in [1.165, 1.54) is 10.7 Å². The van der Waals surface area contributed by atoms with E-state index in [0.29, 0.717) is 11.3 Å². The molecular formula is C19H17FN4O2. The molecule has 0 bridgehead atoms. The maximum Gasteiger partial charge on any atom is 0.253 e. The van der Waals surface area contributed by atoms with Crippen LogP contribution in [0.15, 0.2) is 48.5 Å². The second kappa shape index (κ2) is 7.57. The summed E-state index contributed by atoms with van der Waals surface area (Å²) in [5, 5.41) is 13.6. The fourth-order valence-electron chi connectivity index (χ4n) is 2.48. The van der Waals surface area contributed by atoms with Crippen molar-refractivity contribution in [3.63, 3.8) is 0 Å². The van der Waals surface area contributed by atoms with Gasteiger partial charge in [-0.1, -0.05) is 30.3 Å². The Bertz CT molecular complexity index is 962. The smallest absolute Gasteiger partial charge is 0.253 e. The molecule has 0 radical (unpaired) electrons. The number of nitrogens with zero attached hydrogens (tertiary/aromatic N) is 3. The van der Waals surface area contributed by atoms with Crippen LogP contribution >= 0.6 is 0 Å². The van der Waals surface area contributed by atoms with Gasteiger partial charge in [-0.15, -0.1) is 5.10 Å². The van der Waals surface area contributed by atoms with Gasteiger partial charge in [-0.3, -0.25) is 0 Å². The van der Waals surface area contributed by atoms with E-state index in [9.17, 15) is 9.65 Å². The normalized spacial score (nSPS) is 10.3. The molecule has 1 aromatic heterocycles. The first kappa shape index (κ1) is 17.3. The van der Waals surface area contributed by atoms with Gasteiger partial charge in [0.15, 0.2) is 5.56 Å². The first-order valence-corrected chi connectivity index (χ1v) is 7.88. The lowest BCUT2D eigenvalue weighted by atomic mass is 10.2. The summed E-state index contributed by atoms with van der Waals surface area (Å²) in [5.41, 5.74) is 7.39. The number of hydrogen-bond acceptors (Lipinski definition) is 5. The molecule has 1 heterocycles. The molecule has 0 atom stereocenters. The largest absolute Gasteiger partial charge is 0.497 e. The highest BCUT2D eigenvalue weighted by Crippen LogP contribution is 2.25. The Hall–Kier alpha value is -3.53. The number of benzene rings is 2. The molecule has 3 rings (SSSR count). The van der Waals surface area contributed by atoms with E-state index in [4.69, 9.17) is 15.2 Å². The van der Waals surface area contributed by atoms with E-state index in [0.717, 1.165) is 5.56 Å². The Balaban J connectivity index is 1.81. The zero-order chi connectivity index (χ0) is 18.5. The van der Waals surface area contributed by atoms with Crippen LogP contribution in [0.25, 0.3) is 0 Å². The number of nitrogen functional groups attached to an aromatic ring is 1. The highest BCUT2D eigenvalue weighted by atomic mass is 19.1. The van der Waals surface area contributed by atoms with Crippen molar-refractivity contribution in [2.75, 3.05) is 12.8 Å². The second-order valence-corrected chi connectivity index (χ2v) is 5.57. The van der Waals surface area contributed by atoms with Crippen molar-refractivity contribution in [3.8, 4) is 17.7 Å². The van der Waals surface area contributed by atoms with Gasteiger partial charge in [0, 0.05) is 5.56 Å². The molecule has 3 aromatic rings. The molecule has 0 aliphatic carbocycles. The SMILES string of the molecule is COc1cccc(COc2nn(Cc3ccccc3F)c(N)c2C#N)c1. The second-order valence-electron chi connectivity index (χ2n) is 5.57. The minimum atomic E-state index is -0.361. The van der Waals surface area contributed by atoms with Crippen LogP contribution in [0.5, 0.6) is 11.6 Å². The quantitative estimate of drug-likeness (QED) is 0.737. The standard InChI is InChI=1S/C19H17FN4O2/c1-25-15-7-4-5-13(9-15)12-26-19-16(10-21)18(22)24(23-19)11-14-6-2-3-8-17(14)20/h2-9H,11-12,22H2,1H3. The number of nitrogens with two attached hydrogens (primary N) is 1. The van der Waals surface area contributed by atoms with Gasteiger partial charge in [0.25, 0.3) is 5.88 Å². The van der Waals surface area contributed by atoms with Gasteiger partial charge in [0.2, 0.25) is 0 Å². The third-order valence-corrected chi connectivity index (χ3v) is 3.86. The number of aromatic nitrogens is 2. The third kappa shape index (κ3) is 3.59. The van der Waals surface area contributed by atoms with Crippen molar-refractivity contribution in [2.45, 2.75) is 13.2 Å². The molecule has 7 heteroatoms. The summed E-state index contributed by atoms with van der Waals surface area (Å²) in [5.74, 6) is 0.594. The molecule has 132 valence electrons. The first-order valence-electron chi connectivity index (χ1n) is 7.88. The maximum absolute atomic E-state index is 13.8. The van der Waals surface area contributed by atoms with E-state index >= 15 is 0 Å². The summed E-state index contributed by atoms with van der Waals surface area (Å²) in [6.07, 6.45) is 0. The molecule has 0 aliphatic rings. The van der Waals surface area contributed by atoms with Crippen LogP contribution in [0.2, 0.25) is 0 Å². The fraction of sp³-hybridized carbons (Fsp3) is 0.158. The minimum Gasteiger partial charge on any atom is -0.497 e. The monoisotopic (exact) mass is 352 g/mol. The topological polar surface area (TPSA) is 86.1 Å². The summed E-state index contributed by atoms with van der Waals surface area (Å²) < 4.78 is 26.0. The van der Waals surface area contributed by atoms with Crippen LogP contribution in [0.4, 0.5) is 10.2 Å². The lowest BCUT2D eigenvalue weighted by Crippen LogP contribution is -2.07. The lowest BCUT2D eigenvalue weighted by molar-refractivity contribution is 0.288.